The van der Waals surface area contributed by atoms with Crippen molar-refractivity contribution in [2.45, 2.75) is 44.2 Å². The van der Waals surface area contributed by atoms with Crippen LogP contribution in [-0.4, -0.2) is 30.4 Å². The van der Waals surface area contributed by atoms with Crippen molar-refractivity contribution in [2.75, 3.05) is 13.2 Å². The summed E-state index contributed by atoms with van der Waals surface area (Å²) in [6.45, 7) is 1.02. The molecule has 0 bridgehead atoms. The summed E-state index contributed by atoms with van der Waals surface area (Å²) in [5, 5.41) is 12.9. The van der Waals surface area contributed by atoms with Crippen LogP contribution in [0.4, 0.5) is 4.39 Å². The number of aliphatic hydroxyl groups is 1. The Morgan fingerprint density at radius 2 is 2.15 bits per heavy atom. The van der Waals surface area contributed by atoms with E-state index in [1.54, 1.807) is 12.1 Å². The Balaban J connectivity index is 1.53. The molecule has 0 radical (unpaired) electrons. The number of ether oxygens (including phenoxy) is 1. The molecule has 1 aliphatic carbocycles. The maximum atomic E-state index is 13.2. The summed E-state index contributed by atoms with van der Waals surface area (Å²) in [5.74, 6) is 0.971. The lowest BCUT2D eigenvalue weighted by atomic mass is 9.85. The molecule has 20 heavy (non-hydrogen) atoms. The first kappa shape index (κ1) is 13.8. The molecule has 1 saturated carbocycles. The summed E-state index contributed by atoms with van der Waals surface area (Å²) in [5.41, 5.74) is 0.958. The number of fused-ring (bicyclic) bond motifs is 1. The van der Waals surface area contributed by atoms with Gasteiger partial charge in [-0.05, 0) is 37.0 Å². The molecule has 4 heteroatoms. The van der Waals surface area contributed by atoms with Crippen LogP contribution in [0.25, 0.3) is 0 Å². The summed E-state index contributed by atoms with van der Waals surface area (Å²) in [7, 11) is 0. The first-order valence-corrected chi connectivity index (χ1v) is 7.55. The van der Waals surface area contributed by atoms with Gasteiger partial charge in [-0.2, -0.15) is 0 Å². The third kappa shape index (κ3) is 2.96. The van der Waals surface area contributed by atoms with Gasteiger partial charge in [-0.25, -0.2) is 4.39 Å². The van der Waals surface area contributed by atoms with E-state index in [9.17, 15) is 9.50 Å². The fourth-order valence-electron chi connectivity index (χ4n) is 3.38. The molecular weight excluding hydrogens is 257 g/mol. The number of hydrogen-bond acceptors (Lipinski definition) is 3. The highest BCUT2D eigenvalue weighted by Crippen LogP contribution is 2.29. The van der Waals surface area contributed by atoms with Gasteiger partial charge in [0.15, 0.2) is 0 Å². The second-order valence-corrected chi connectivity index (χ2v) is 5.94. The van der Waals surface area contributed by atoms with E-state index in [0.29, 0.717) is 12.0 Å². The summed E-state index contributed by atoms with van der Waals surface area (Å²) in [6, 6.07) is 5.10. The van der Waals surface area contributed by atoms with E-state index in [0.717, 1.165) is 37.1 Å². The summed E-state index contributed by atoms with van der Waals surface area (Å²) in [4.78, 5) is 0. The van der Waals surface area contributed by atoms with Crippen LogP contribution >= 0.6 is 0 Å². The normalized spacial score (nSPS) is 29.0. The molecule has 1 fully saturated rings. The van der Waals surface area contributed by atoms with Crippen molar-refractivity contribution in [3.63, 3.8) is 0 Å². The zero-order chi connectivity index (χ0) is 13.9. The highest BCUT2D eigenvalue weighted by atomic mass is 19.1. The number of halogens is 1. The number of nitrogens with one attached hydrogen (secondary N) is 1. The van der Waals surface area contributed by atoms with Gasteiger partial charge in [0.25, 0.3) is 0 Å². The Hall–Kier alpha value is -1.13. The topological polar surface area (TPSA) is 41.5 Å². The molecule has 0 spiro atoms. The first-order valence-electron chi connectivity index (χ1n) is 7.55. The Morgan fingerprint density at radius 3 is 3.00 bits per heavy atom. The fraction of sp³-hybridized carbons (Fsp3) is 0.625. The fourth-order valence-corrected chi connectivity index (χ4v) is 3.38. The molecule has 1 heterocycles. The lowest BCUT2D eigenvalue weighted by molar-refractivity contribution is 0.140. The Labute approximate surface area is 119 Å². The van der Waals surface area contributed by atoms with Gasteiger partial charge in [-0.15, -0.1) is 0 Å². The van der Waals surface area contributed by atoms with E-state index in [1.165, 1.54) is 18.9 Å². The molecule has 3 nitrogen and oxygen atoms in total. The maximum Gasteiger partial charge on any atom is 0.123 e. The highest BCUT2D eigenvalue weighted by molar-refractivity contribution is 5.37. The predicted molar refractivity (Wildman–Crippen MR) is 75.4 cm³/mol. The van der Waals surface area contributed by atoms with Gasteiger partial charge in [0.05, 0.1) is 0 Å². The van der Waals surface area contributed by atoms with Crippen molar-refractivity contribution < 1.29 is 14.2 Å². The van der Waals surface area contributed by atoms with Crippen molar-refractivity contribution in [3.05, 3.63) is 29.6 Å². The van der Waals surface area contributed by atoms with Gasteiger partial charge in [-0.3, -0.25) is 0 Å². The molecule has 1 aliphatic heterocycles. The highest BCUT2D eigenvalue weighted by Gasteiger charge is 2.27. The number of hydrogen-bond donors (Lipinski definition) is 2. The SMILES string of the molecule is OCC1CCCCC1NCC1Cc2cc(F)ccc2O1. The van der Waals surface area contributed by atoms with E-state index in [4.69, 9.17) is 4.74 Å². The van der Waals surface area contributed by atoms with Crippen LogP contribution in [0.5, 0.6) is 5.75 Å². The second-order valence-electron chi connectivity index (χ2n) is 5.94. The van der Waals surface area contributed by atoms with Crippen LogP contribution < -0.4 is 10.1 Å². The average Bonchev–Trinajstić information content (AvgIpc) is 2.87. The third-order valence-electron chi connectivity index (χ3n) is 4.52. The van der Waals surface area contributed by atoms with Gasteiger partial charge >= 0.3 is 0 Å². The van der Waals surface area contributed by atoms with Crippen LogP contribution in [0.3, 0.4) is 0 Å². The zero-order valence-corrected chi connectivity index (χ0v) is 11.6. The van der Waals surface area contributed by atoms with Crippen LogP contribution in [0.15, 0.2) is 18.2 Å². The monoisotopic (exact) mass is 279 g/mol. The third-order valence-corrected chi connectivity index (χ3v) is 4.52. The van der Waals surface area contributed by atoms with E-state index in [1.807, 2.05) is 0 Å². The number of benzene rings is 1. The second kappa shape index (κ2) is 6.10. The van der Waals surface area contributed by atoms with Crippen molar-refractivity contribution in [1.29, 1.82) is 0 Å². The Bertz CT molecular complexity index is 466. The summed E-state index contributed by atoms with van der Waals surface area (Å²) in [6.07, 6.45) is 5.51. The summed E-state index contributed by atoms with van der Waals surface area (Å²) >= 11 is 0. The van der Waals surface area contributed by atoms with Crippen molar-refractivity contribution in [1.82, 2.24) is 5.32 Å². The molecule has 0 saturated heterocycles. The Morgan fingerprint density at radius 1 is 1.30 bits per heavy atom. The van der Waals surface area contributed by atoms with E-state index < -0.39 is 0 Å². The van der Waals surface area contributed by atoms with Crippen LogP contribution in [-0.2, 0) is 6.42 Å². The lowest BCUT2D eigenvalue weighted by Gasteiger charge is -2.31. The molecule has 1 aromatic rings. The van der Waals surface area contributed by atoms with Gasteiger partial charge < -0.3 is 15.2 Å². The molecule has 110 valence electrons. The molecule has 3 atom stereocenters. The smallest absolute Gasteiger partial charge is 0.123 e. The maximum absolute atomic E-state index is 13.2. The van der Waals surface area contributed by atoms with Crippen molar-refractivity contribution >= 4 is 0 Å². The molecule has 3 unspecified atom stereocenters. The summed E-state index contributed by atoms with van der Waals surface area (Å²) < 4.78 is 19.0. The molecule has 1 aromatic carbocycles. The van der Waals surface area contributed by atoms with Crippen LogP contribution in [0, 0.1) is 11.7 Å². The van der Waals surface area contributed by atoms with Crippen LogP contribution in [0.2, 0.25) is 0 Å². The van der Waals surface area contributed by atoms with Crippen molar-refractivity contribution in [3.8, 4) is 5.75 Å². The minimum Gasteiger partial charge on any atom is -0.488 e. The first-order chi connectivity index (χ1) is 9.76. The standard InChI is InChI=1S/C16H22FNO2/c17-13-5-6-16-12(7-13)8-14(20-16)9-18-15-4-2-1-3-11(15)10-19/h5-7,11,14-15,18-19H,1-4,8-10H2. The van der Waals surface area contributed by atoms with Gasteiger partial charge in [0.2, 0.25) is 0 Å². The van der Waals surface area contributed by atoms with Gasteiger partial charge in [-0.1, -0.05) is 12.8 Å². The predicted octanol–water partition coefficient (Wildman–Crippen LogP) is 2.27. The molecule has 3 rings (SSSR count). The molecular formula is C16H22FNO2. The molecule has 2 aliphatic rings. The van der Waals surface area contributed by atoms with E-state index >= 15 is 0 Å². The Kier molecular flexibility index (Phi) is 4.22. The molecule has 0 aromatic heterocycles. The molecule has 0 amide bonds. The minimum atomic E-state index is -0.200. The lowest BCUT2D eigenvalue weighted by Crippen LogP contribution is -2.44. The largest absolute Gasteiger partial charge is 0.488 e. The van der Waals surface area contributed by atoms with E-state index in [-0.39, 0.29) is 18.5 Å². The number of aliphatic hydroxyl groups excluding tert-OH is 1. The van der Waals surface area contributed by atoms with E-state index in [2.05, 4.69) is 5.32 Å². The minimum absolute atomic E-state index is 0.0769. The quantitative estimate of drug-likeness (QED) is 0.888. The molecule has 2 N–H and O–H groups in total. The van der Waals surface area contributed by atoms with Gasteiger partial charge in [0.1, 0.15) is 17.7 Å². The van der Waals surface area contributed by atoms with Crippen LogP contribution in [0.1, 0.15) is 31.2 Å². The van der Waals surface area contributed by atoms with Gasteiger partial charge in [0, 0.05) is 31.2 Å². The van der Waals surface area contributed by atoms with Crippen molar-refractivity contribution in [2.24, 2.45) is 5.92 Å². The average molecular weight is 279 g/mol. The number of rotatable bonds is 4. The zero-order valence-electron chi connectivity index (χ0n) is 11.6.